The summed E-state index contributed by atoms with van der Waals surface area (Å²) in [6, 6.07) is 3.98. The fourth-order valence-electron chi connectivity index (χ4n) is 2.35. The quantitative estimate of drug-likeness (QED) is 0.860. The molecule has 1 fully saturated rings. The van der Waals surface area contributed by atoms with E-state index in [-0.39, 0.29) is 11.9 Å². The van der Waals surface area contributed by atoms with Gasteiger partial charge in [0.15, 0.2) is 0 Å². The number of amides is 1. The molecule has 0 unspecified atom stereocenters. The van der Waals surface area contributed by atoms with E-state index in [1.54, 1.807) is 6.20 Å². The first-order chi connectivity index (χ1) is 9.69. The van der Waals surface area contributed by atoms with Crippen LogP contribution in [0, 0.1) is 0 Å². The highest BCUT2D eigenvalue weighted by molar-refractivity contribution is 5.93. The van der Waals surface area contributed by atoms with Crippen molar-refractivity contribution in [2.45, 2.75) is 32.2 Å². The Kier molecular flexibility index (Phi) is 5.35. The molecule has 1 aromatic rings. The van der Waals surface area contributed by atoms with E-state index in [2.05, 4.69) is 34.5 Å². The number of rotatable bonds is 5. The number of anilines is 1. The first kappa shape index (κ1) is 14.8. The van der Waals surface area contributed by atoms with E-state index in [1.165, 1.54) is 0 Å². The number of hydrogen-bond donors (Lipinski definition) is 2. The number of hydrogen-bond acceptors (Lipinski definition) is 4. The van der Waals surface area contributed by atoms with E-state index in [9.17, 15) is 4.79 Å². The molecule has 1 saturated heterocycles. The largest absolute Gasteiger partial charge is 0.385 e. The summed E-state index contributed by atoms with van der Waals surface area (Å²) in [5.74, 6) is -0.0697. The van der Waals surface area contributed by atoms with E-state index in [4.69, 9.17) is 0 Å². The second-order valence-electron chi connectivity index (χ2n) is 5.41. The Balaban J connectivity index is 1.91. The highest BCUT2D eigenvalue weighted by atomic mass is 16.1. The fraction of sp³-hybridized carbons (Fsp3) is 0.600. The van der Waals surface area contributed by atoms with Crippen molar-refractivity contribution in [3.63, 3.8) is 0 Å². The molecule has 0 radical (unpaired) electrons. The molecule has 20 heavy (non-hydrogen) atoms. The second kappa shape index (κ2) is 7.24. The van der Waals surface area contributed by atoms with Gasteiger partial charge in [-0.2, -0.15) is 0 Å². The average molecular weight is 276 g/mol. The number of likely N-dealkylation sites (tertiary alicyclic amines) is 1. The molecule has 0 bridgehead atoms. The smallest absolute Gasteiger partial charge is 0.270 e. The Morgan fingerprint density at radius 1 is 1.45 bits per heavy atom. The maximum atomic E-state index is 12.2. The number of carbonyl (C=O) groups excluding carboxylic acids is 1. The number of aromatic nitrogens is 1. The lowest BCUT2D eigenvalue weighted by atomic mass is 10.1. The number of pyridine rings is 1. The van der Waals surface area contributed by atoms with Crippen LogP contribution >= 0.6 is 0 Å². The summed E-state index contributed by atoms with van der Waals surface area (Å²) in [6.45, 7) is 5.09. The Morgan fingerprint density at radius 3 is 2.90 bits per heavy atom. The van der Waals surface area contributed by atoms with Gasteiger partial charge in [-0.1, -0.05) is 6.92 Å². The van der Waals surface area contributed by atoms with E-state index < -0.39 is 0 Å². The first-order valence-electron chi connectivity index (χ1n) is 7.38. The van der Waals surface area contributed by atoms with Crippen LogP contribution < -0.4 is 10.6 Å². The highest BCUT2D eigenvalue weighted by Crippen LogP contribution is 2.11. The van der Waals surface area contributed by atoms with Crippen LogP contribution in [0.2, 0.25) is 0 Å². The van der Waals surface area contributed by atoms with Crippen LogP contribution in [-0.2, 0) is 0 Å². The minimum Gasteiger partial charge on any atom is -0.385 e. The normalized spacial score (nSPS) is 16.9. The third-order valence-corrected chi connectivity index (χ3v) is 3.63. The summed E-state index contributed by atoms with van der Waals surface area (Å²) in [4.78, 5) is 18.7. The van der Waals surface area contributed by atoms with Crippen molar-refractivity contribution in [1.29, 1.82) is 0 Å². The van der Waals surface area contributed by atoms with E-state index in [1.807, 2.05) is 12.1 Å². The average Bonchev–Trinajstić information content (AvgIpc) is 2.48. The second-order valence-corrected chi connectivity index (χ2v) is 5.41. The summed E-state index contributed by atoms with van der Waals surface area (Å²) >= 11 is 0. The SMILES string of the molecule is CCCNc1ccnc(C(=O)NC2CCN(C)CC2)c1. The lowest BCUT2D eigenvalue weighted by molar-refractivity contribution is 0.0912. The van der Waals surface area contributed by atoms with Gasteiger partial charge in [0.05, 0.1) is 0 Å². The van der Waals surface area contributed by atoms with Crippen molar-refractivity contribution in [2.24, 2.45) is 0 Å². The lowest BCUT2D eigenvalue weighted by Crippen LogP contribution is -2.43. The molecule has 2 rings (SSSR count). The summed E-state index contributed by atoms with van der Waals surface area (Å²) in [6.07, 6.45) is 4.76. The molecule has 1 aliphatic rings. The van der Waals surface area contributed by atoms with Crippen LogP contribution in [0.1, 0.15) is 36.7 Å². The maximum Gasteiger partial charge on any atom is 0.270 e. The predicted molar refractivity (Wildman–Crippen MR) is 81.0 cm³/mol. The Bertz CT molecular complexity index is 441. The Morgan fingerprint density at radius 2 is 2.20 bits per heavy atom. The Hall–Kier alpha value is -1.62. The van der Waals surface area contributed by atoms with Gasteiger partial charge in [0.25, 0.3) is 5.91 Å². The summed E-state index contributed by atoms with van der Waals surface area (Å²) < 4.78 is 0. The molecular weight excluding hydrogens is 252 g/mol. The fourth-order valence-corrected chi connectivity index (χ4v) is 2.35. The number of nitrogens with zero attached hydrogens (tertiary/aromatic N) is 2. The third kappa shape index (κ3) is 4.20. The molecule has 2 heterocycles. The van der Waals surface area contributed by atoms with Gasteiger partial charge in [0, 0.05) is 24.5 Å². The molecule has 1 aliphatic heterocycles. The molecule has 110 valence electrons. The molecular formula is C15H24N4O. The van der Waals surface area contributed by atoms with Gasteiger partial charge in [0.2, 0.25) is 0 Å². The topological polar surface area (TPSA) is 57.3 Å². The van der Waals surface area contributed by atoms with Crippen LogP contribution in [0.25, 0.3) is 0 Å². The Labute approximate surface area is 120 Å². The van der Waals surface area contributed by atoms with Crippen LogP contribution in [0.15, 0.2) is 18.3 Å². The molecule has 0 aliphatic carbocycles. The van der Waals surface area contributed by atoms with Gasteiger partial charge in [-0.05, 0) is 51.5 Å². The van der Waals surface area contributed by atoms with Gasteiger partial charge in [-0.15, -0.1) is 0 Å². The monoisotopic (exact) mass is 276 g/mol. The molecule has 5 heteroatoms. The summed E-state index contributed by atoms with van der Waals surface area (Å²) in [5.41, 5.74) is 1.44. The highest BCUT2D eigenvalue weighted by Gasteiger charge is 2.19. The van der Waals surface area contributed by atoms with Gasteiger partial charge < -0.3 is 15.5 Å². The first-order valence-corrected chi connectivity index (χ1v) is 7.38. The predicted octanol–water partition coefficient (Wildman–Crippen LogP) is 1.73. The van der Waals surface area contributed by atoms with Crippen molar-refractivity contribution in [3.05, 3.63) is 24.0 Å². The van der Waals surface area contributed by atoms with Crippen molar-refractivity contribution in [1.82, 2.24) is 15.2 Å². The standard InChI is InChI=1S/C15H24N4O/c1-3-7-16-13-4-8-17-14(11-13)15(20)18-12-5-9-19(2)10-6-12/h4,8,11-12H,3,5-7,9-10H2,1-2H3,(H,16,17)(H,18,20). The van der Waals surface area contributed by atoms with Gasteiger partial charge in [-0.25, -0.2) is 0 Å². The molecule has 0 atom stereocenters. The molecule has 2 N–H and O–H groups in total. The number of piperidine rings is 1. The van der Waals surface area contributed by atoms with Crippen molar-refractivity contribution in [2.75, 3.05) is 32.0 Å². The number of nitrogens with one attached hydrogen (secondary N) is 2. The molecule has 0 saturated carbocycles. The summed E-state index contributed by atoms with van der Waals surface area (Å²) in [5, 5.41) is 6.36. The number of carbonyl (C=O) groups is 1. The van der Waals surface area contributed by atoms with E-state index >= 15 is 0 Å². The zero-order chi connectivity index (χ0) is 14.4. The third-order valence-electron chi connectivity index (χ3n) is 3.63. The van der Waals surface area contributed by atoms with Gasteiger partial charge in [0.1, 0.15) is 5.69 Å². The van der Waals surface area contributed by atoms with Gasteiger partial charge >= 0.3 is 0 Å². The van der Waals surface area contributed by atoms with Crippen molar-refractivity contribution in [3.8, 4) is 0 Å². The molecule has 1 amide bonds. The molecule has 5 nitrogen and oxygen atoms in total. The zero-order valence-electron chi connectivity index (χ0n) is 12.4. The molecule has 1 aromatic heterocycles. The van der Waals surface area contributed by atoms with E-state index in [0.29, 0.717) is 5.69 Å². The van der Waals surface area contributed by atoms with Crippen molar-refractivity contribution < 1.29 is 4.79 Å². The minimum absolute atomic E-state index is 0.0697. The lowest BCUT2D eigenvalue weighted by Gasteiger charge is -2.29. The van der Waals surface area contributed by atoms with E-state index in [0.717, 1.165) is 44.6 Å². The molecule has 0 aromatic carbocycles. The van der Waals surface area contributed by atoms with Crippen LogP contribution in [0.4, 0.5) is 5.69 Å². The maximum absolute atomic E-state index is 12.2. The van der Waals surface area contributed by atoms with Crippen LogP contribution in [0.5, 0.6) is 0 Å². The van der Waals surface area contributed by atoms with Crippen LogP contribution in [-0.4, -0.2) is 48.5 Å². The van der Waals surface area contributed by atoms with Crippen LogP contribution in [0.3, 0.4) is 0 Å². The summed E-state index contributed by atoms with van der Waals surface area (Å²) in [7, 11) is 2.11. The molecule has 0 spiro atoms. The van der Waals surface area contributed by atoms with Gasteiger partial charge in [-0.3, -0.25) is 9.78 Å². The van der Waals surface area contributed by atoms with Crippen molar-refractivity contribution >= 4 is 11.6 Å². The minimum atomic E-state index is -0.0697. The zero-order valence-corrected chi connectivity index (χ0v) is 12.4.